The molecule has 6 rings (SSSR count). The molecule has 1 unspecified atom stereocenters. The molecule has 0 spiro atoms. The number of hydrogen-bond acceptors (Lipinski definition) is 9. The highest BCUT2D eigenvalue weighted by atomic mass is 35.5. The quantitative estimate of drug-likeness (QED) is 0.430. The van der Waals surface area contributed by atoms with Crippen molar-refractivity contribution in [3.05, 3.63) is 41.4 Å². The van der Waals surface area contributed by atoms with Crippen LogP contribution in [-0.2, 0) is 9.47 Å². The Kier molecular flexibility index (Phi) is 7.03. The van der Waals surface area contributed by atoms with Gasteiger partial charge >= 0.3 is 6.09 Å². The van der Waals surface area contributed by atoms with E-state index in [1.54, 1.807) is 0 Å². The van der Waals surface area contributed by atoms with Crippen LogP contribution in [0.15, 0.2) is 30.6 Å². The minimum atomic E-state index is -0.538. The van der Waals surface area contributed by atoms with Gasteiger partial charge in [-0.1, -0.05) is 11.6 Å². The van der Waals surface area contributed by atoms with Crippen molar-refractivity contribution in [2.45, 2.75) is 51.3 Å². The van der Waals surface area contributed by atoms with E-state index in [0.29, 0.717) is 49.8 Å². The van der Waals surface area contributed by atoms with Crippen LogP contribution in [0.1, 0.15) is 33.6 Å². The first-order valence-electron chi connectivity index (χ1n) is 13.5. The number of benzene rings is 1. The molecule has 3 saturated heterocycles. The van der Waals surface area contributed by atoms with Gasteiger partial charge in [-0.3, -0.25) is 0 Å². The van der Waals surface area contributed by atoms with Crippen molar-refractivity contribution < 1.29 is 23.4 Å². The molecule has 212 valence electrons. The summed E-state index contributed by atoms with van der Waals surface area (Å²) in [5.74, 6) is 1.15. The number of pyridine rings is 1. The zero-order valence-electron chi connectivity index (χ0n) is 22.7. The Labute approximate surface area is 236 Å². The van der Waals surface area contributed by atoms with Crippen LogP contribution in [0, 0.1) is 11.7 Å². The number of ether oxygens (including phenoxy) is 3. The maximum atomic E-state index is 15.1. The van der Waals surface area contributed by atoms with Crippen LogP contribution in [-0.4, -0.2) is 76.5 Å². The minimum absolute atomic E-state index is 0.0557. The van der Waals surface area contributed by atoms with Crippen LogP contribution in [0.5, 0.6) is 5.75 Å². The smallest absolute Gasteiger partial charge is 0.410 e. The number of fused-ring (bicyclic) bond motifs is 3. The number of aromatic nitrogens is 3. The Hall–Kier alpha value is -3.44. The van der Waals surface area contributed by atoms with Crippen molar-refractivity contribution in [2.24, 2.45) is 5.92 Å². The number of nitrogens with zero attached hydrogens (tertiary/aromatic N) is 5. The predicted molar refractivity (Wildman–Crippen MR) is 149 cm³/mol. The fourth-order valence-electron chi connectivity index (χ4n) is 5.46. The van der Waals surface area contributed by atoms with Crippen molar-refractivity contribution >= 4 is 46.1 Å². The number of likely N-dealkylation sites (tertiary alicyclic amines) is 1. The Balaban J connectivity index is 1.19. The summed E-state index contributed by atoms with van der Waals surface area (Å²) in [4.78, 5) is 30.2. The molecule has 0 saturated carbocycles. The van der Waals surface area contributed by atoms with Crippen LogP contribution in [0.4, 0.5) is 26.5 Å². The third-order valence-electron chi connectivity index (χ3n) is 7.40. The number of piperazine rings is 1. The zero-order valence-corrected chi connectivity index (χ0v) is 23.4. The highest BCUT2D eigenvalue weighted by molar-refractivity contribution is 6.32. The van der Waals surface area contributed by atoms with Gasteiger partial charge in [-0.05, 0) is 51.8 Å². The number of anilines is 3. The maximum Gasteiger partial charge on any atom is 0.410 e. The second-order valence-corrected chi connectivity index (χ2v) is 11.9. The SMILES string of the molecule is CC(C)(C)OC(=O)N1C[C@@H]2C[C@H]1CN2c1ccc2ncnc(Nc3cc(Cl)c(OCC4CCOC4)cc3F)c2n1. The summed E-state index contributed by atoms with van der Waals surface area (Å²) in [6, 6.07) is 6.73. The van der Waals surface area contributed by atoms with Crippen molar-refractivity contribution in [1.82, 2.24) is 19.9 Å². The van der Waals surface area contributed by atoms with Gasteiger partial charge in [-0.15, -0.1) is 0 Å². The Bertz CT molecular complexity index is 1430. The molecular formula is C28H32ClFN6O4. The highest BCUT2D eigenvalue weighted by Crippen LogP contribution is 2.37. The highest BCUT2D eigenvalue weighted by Gasteiger charge is 2.47. The lowest BCUT2D eigenvalue weighted by Gasteiger charge is -2.35. The van der Waals surface area contributed by atoms with Gasteiger partial charge in [0.05, 0.1) is 41.5 Å². The number of amides is 1. The summed E-state index contributed by atoms with van der Waals surface area (Å²) >= 11 is 6.43. The summed E-state index contributed by atoms with van der Waals surface area (Å²) in [7, 11) is 0. The van der Waals surface area contributed by atoms with E-state index in [2.05, 4.69) is 20.2 Å². The van der Waals surface area contributed by atoms with Gasteiger partial charge in [0, 0.05) is 31.7 Å². The van der Waals surface area contributed by atoms with Crippen molar-refractivity contribution in [3.8, 4) is 5.75 Å². The van der Waals surface area contributed by atoms with E-state index < -0.39 is 11.4 Å². The van der Waals surface area contributed by atoms with Gasteiger partial charge in [0.1, 0.15) is 34.8 Å². The number of halogens is 2. The molecule has 0 radical (unpaired) electrons. The topological polar surface area (TPSA) is 102 Å². The Morgan fingerprint density at radius 2 is 2.08 bits per heavy atom. The summed E-state index contributed by atoms with van der Waals surface area (Å²) < 4.78 is 31.8. The minimum Gasteiger partial charge on any atom is -0.492 e. The lowest BCUT2D eigenvalue weighted by Crippen LogP contribution is -2.50. The van der Waals surface area contributed by atoms with Crippen LogP contribution >= 0.6 is 11.6 Å². The standard InChI is InChI=1S/C28H32ClFN6O4/c1-28(2,3)40-27(37)36-12-17-8-18(36)11-35(17)24-5-4-21-25(34-24)26(32-15-31-21)33-22-9-19(29)23(10-20(22)30)39-14-16-6-7-38-13-16/h4-5,9-10,15-18H,6-8,11-14H2,1-3H3,(H,31,32,33)/t16?,17-,18-/m0/s1. The van der Waals surface area contributed by atoms with E-state index >= 15 is 4.39 Å². The fraction of sp³-hybridized carbons (Fsp3) is 0.500. The molecule has 40 heavy (non-hydrogen) atoms. The van der Waals surface area contributed by atoms with Crippen LogP contribution < -0.4 is 15.0 Å². The molecule has 2 bridgehead atoms. The van der Waals surface area contributed by atoms with Crippen LogP contribution in [0.2, 0.25) is 5.02 Å². The third-order valence-corrected chi connectivity index (χ3v) is 7.70. The van der Waals surface area contributed by atoms with Crippen molar-refractivity contribution in [2.75, 3.05) is 43.1 Å². The van der Waals surface area contributed by atoms with Gasteiger partial charge in [-0.25, -0.2) is 24.1 Å². The normalized spacial score (nSPS) is 22.3. The molecule has 1 aromatic carbocycles. The number of hydrogen-bond donors (Lipinski definition) is 1. The van der Waals surface area contributed by atoms with Gasteiger partial charge < -0.3 is 29.3 Å². The average Bonchev–Trinajstić information content (AvgIpc) is 3.67. The van der Waals surface area contributed by atoms with Gasteiger partial charge in [0.15, 0.2) is 5.82 Å². The zero-order chi connectivity index (χ0) is 28.0. The summed E-state index contributed by atoms with van der Waals surface area (Å²) in [6.45, 7) is 8.59. The monoisotopic (exact) mass is 570 g/mol. The molecule has 12 heteroatoms. The Morgan fingerprint density at radius 3 is 2.80 bits per heavy atom. The number of rotatable bonds is 6. The molecule has 3 aliphatic heterocycles. The maximum absolute atomic E-state index is 15.1. The second-order valence-electron chi connectivity index (χ2n) is 11.5. The summed E-state index contributed by atoms with van der Waals surface area (Å²) in [5, 5.41) is 3.33. The molecule has 5 heterocycles. The largest absolute Gasteiger partial charge is 0.492 e. The van der Waals surface area contributed by atoms with Crippen molar-refractivity contribution in [1.29, 1.82) is 0 Å². The molecule has 3 fully saturated rings. The molecule has 1 amide bonds. The summed E-state index contributed by atoms with van der Waals surface area (Å²) in [5.41, 5.74) is 0.737. The van der Waals surface area contributed by atoms with Crippen LogP contribution in [0.3, 0.4) is 0 Å². The average molecular weight is 571 g/mol. The summed E-state index contributed by atoms with van der Waals surface area (Å²) in [6.07, 6.45) is 2.89. The Morgan fingerprint density at radius 1 is 1.23 bits per heavy atom. The molecular weight excluding hydrogens is 539 g/mol. The fourth-order valence-corrected chi connectivity index (χ4v) is 5.68. The first-order valence-corrected chi connectivity index (χ1v) is 13.9. The molecule has 3 aromatic rings. The van der Waals surface area contributed by atoms with Gasteiger partial charge in [-0.2, -0.15) is 0 Å². The lowest BCUT2D eigenvalue weighted by atomic mass is 10.1. The molecule has 10 nitrogen and oxygen atoms in total. The molecule has 1 N–H and O–H groups in total. The van der Waals surface area contributed by atoms with Gasteiger partial charge in [0.25, 0.3) is 0 Å². The third kappa shape index (κ3) is 5.44. The molecule has 3 atom stereocenters. The lowest BCUT2D eigenvalue weighted by molar-refractivity contribution is 0.0214. The van der Waals surface area contributed by atoms with E-state index in [0.717, 1.165) is 18.7 Å². The van der Waals surface area contributed by atoms with Gasteiger partial charge in [0.2, 0.25) is 0 Å². The predicted octanol–water partition coefficient (Wildman–Crippen LogP) is 5.17. The van der Waals surface area contributed by atoms with E-state index in [1.807, 2.05) is 37.8 Å². The number of carbonyl (C=O) groups is 1. The molecule has 0 aliphatic carbocycles. The van der Waals surface area contributed by atoms with E-state index in [1.165, 1.54) is 18.5 Å². The second kappa shape index (κ2) is 10.5. The van der Waals surface area contributed by atoms with E-state index in [9.17, 15) is 4.79 Å². The van der Waals surface area contributed by atoms with E-state index in [-0.39, 0.29) is 40.6 Å². The van der Waals surface area contributed by atoms with E-state index in [4.69, 9.17) is 30.8 Å². The first kappa shape index (κ1) is 26.8. The van der Waals surface area contributed by atoms with Crippen LogP contribution in [0.25, 0.3) is 11.0 Å². The number of carbonyl (C=O) groups excluding carboxylic acids is 1. The molecule has 3 aliphatic rings. The first-order chi connectivity index (χ1) is 19.1. The number of nitrogens with one attached hydrogen (secondary N) is 1. The van der Waals surface area contributed by atoms with Crippen molar-refractivity contribution in [3.63, 3.8) is 0 Å². The molecule has 2 aromatic heterocycles.